The number of anilines is 3. The Balaban J connectivity index is 1.21. The fraction of sp³-hybridized carbons (Fsp3) is 0.0169. The van der Waals surface area contributed by atoms with E-state index in [0.717, 1.165) is 17.1 Å². The Kier molecular flexibility index (Phi) is 8.33. The number of hydrogen-bond donors (Lipinski definition) is 0. The Bertz CT molecular complexity index is 3380. The van der Waals surface area contributed by atoms with Crippen molar-refractivity contribution < 1.29 is 0 Å². The molecule has 1 nitrogen and oxygen atoms in total. The molecule has 0 bridgehead atoms. The largest absolute Gasteiger partial charge is 0.308 e. The molecule has 12 rings (SSSR count). The van der Waals surface area contributed by atoms with Crippen LogP contribution in [0.2, 0.25) is 0 Å². The van der Waals surface area contributed by atoms with E-state index in [1.165, 1.54) is 86.6 Å². The predicted octanol–water partition coefficient (Wildman–Crippen LogP) is 16.4. The van der Waals surface area contributed by atoms with Crippen molar-refractivity contribution in [2.75, 3.05) is 4.90 Å². The number of thiophene rings is 1. The zero-order valence-corrected chi connectivity index (χ0v) is 34.2. The normalized spacial score (nSPS) is 12.7. The van der Waals surface area contributed by atoms with Gasteiger partial charge in [-0.2, -0.15) is 0 Å². The van der Waals surface area contributed by atoms with Crippen molar-refractivity contribution >= 4 is 59.3 Å². The van der Waals surface area contributed by atoms with Gasteiger partial charge >= 0.3 is 0 Å². The van der Waals surface area contributed by atoms with Crippen LogP contribution in [0.25, 0.3) is 64.3 Å². The molecule has 0 fully saturated rings. The van der Waals surface area contributed by atoms with Crippen molar-refractivity contribution in [2.45, 2.75) is 5.41 Å². The first-order valence-corrected chi connectivity index (χ1v) is 21.8. The molecule has 10 aromatic carbocycles. The molecule has 0 N–H and O–H groups in total. The van der Waals surface area contributed by atoms with E-state index in [0.29, 0.717) is 0 Å². The van der Waals surface area contributed by atoms with Crippen LogP contribution in [0, 0.1) is 0 Å². The van der Waals surface area contributed by atoms with Gasteiger partial charge < -0.3 is 4.90 Å². The molecule has 1 heterocycles. The smallest absolute Gasteiger partial charge is 0.0714 e. The molecule has 1 aromatic heterocycles. The summed E-state index contributed by atoms with van der Waals surface area (Å²) in [5, 5.41) is 5.03. The van der Waals surface area contributed by atoms with Crippen molar-refractivity contribution in [1.29, 1.82) is 0 Å². The van der Waals surface area contributed by atoms with E-state index in [9.17, 15) is 0 Å². The highest BCUT2D eigenvalue weighted by Crippen LogP contribution is 2.60. The average Bonchev–Trinajstić information content (AvgIpc) is 3.87. The van der Waals surface area contributed by atoms with Crippen LogP contribution in [0.15, 0.2) is 237 Å². The average molecular weight is 794 g/mol. The van der Waals surface area contributed by atoms with Gasteiger partial charge in [-0.05, 0) is 79.5 Å². The van der Waals surface area contributed by atoms with Crippen LogP contribution >= 0.6 is 11.3 Å². The zero-order valence-electron chi connectivity index (χ0n) is 33.4. The van der Waals surface area contributed by atoms with Gasteiger partial charge in [-0.3, -0.25) is 0 Å². The first-order chi connectivity index (χ1) is 30.3. The third-order valence-electron chi connectivity index (χ3n) is 12.8. The van der Waals surface area contributed by atoms with E-state index >= 15 is 0 Å². The van der Waals surface area contributed by atoms with E-state index in [2.05, 4.69) is 241 Å². The highest BCUT2D eigenvalue weighted by Gasteiger charge is 2.47. The molecule has 2 heteroatoms. The second-order valence-corrected chi connectivity index (χ2v) is 17.0. The predicted molar refractivity (Wildman–Crippen MR) is 260 cm³/mol. The second kappa shape index (κ2) is 14.3. The molecule has 0 atom stereocenters. The van der Waals surface area contributed by atoms with Gasteiger partial charge in [0.15, 0.2) is 0 Å². The van der Waals surface area contributed by atoms with Crippen LogP contribution in [0.5, 0.6) is 0 Å². The summed E-state index contributed by atoms with van der Waals surface area (Å²) in [6, 6.07) is 87.4. The molecule has 0 aliphatic heterocycles. The van der Waals surface area contributed by atoms with Crippen LogP contribution in [-0.2, 0) is 5.41 Å². The maximum absolute atomic E-state index is 2.58. The number of fused-ring (bicyclic) bond motifs is 7. The maximum Gasteiger partial charge on any atom is 0.0714 e. The summed E-state index contributed by atoms with van der Waals surface area (Å²) in [4.78, 5) is 2.58. The van der Waals surface area contributed by atoms with Crippen LogP contribution < -0.4 is 4.90 Å². The quantitative estimate of drug-likeness (QED) is 0.155. The van der Waals surface area contributed by atoms with Crippen LogP contribution in [0.3, 0.4) is 0 Å². The van der Waals surface area contributed by atoms with E-state index in [-0.39, 0.29) is 0 Å². The summed E-state index contributed by atoms with van der Waals surface area (Å²) in [7, 11) is 0. The van der Waals surface area contributed by atoms with Gasteiger partial charge in [0.25, 0.3) is 0 Å². The summed E-state index contributed by atoms with van der Waals surface area (Å²) in [6.45, 7) is 0. The molecule has 0 spiro atoms. The van der Waals surface area contributed by atoms with Gasteiger partial charge in [0.05, 0.1) is 27.2 Å². The van der Waals surface area contributed by atoms with Crippen molar-refractivity contribution in [3.05, 3.63) is 259 Å². The summed E-state index contributed by atoms with van der Waals surface area (Å²) in [5.74, 6) is 0. The topological polar surface area (TPSA) is 3.24 Å². The van der Waals surface area contributed by atoms with Crippen LogP contribution in [0.4, 0.5) is 17.1 Å². The Morgan fingerprint density at radius 3 is 1.64 bits per heavy atom. The fourth-order valence-corrected chi connectivity index (χ4v) is 11.5. The number of benzene rings is 10. The highest BCUT2D eigenvalue weighted by atomic mass is 32.1. The van der Waals surface area contributed by atoms with E-state index in [4.69, 9.17) is 0 Å². The third kappa shape index (κ3) is 5.39. The molecule has 286 valence electrons. The molecule has 11 aromatic rings. The number of para-hydroxylation sites is 1. The Morgan fingerprint density at radius 1 is 0.344 bits per heavy atom. The Hall–Kier alpha value is -7.52. The zero-order chi connectivity index (χ0) is 40.3. The molecule has 1 aliphatic rings. The number of hydrogen-bond acceptors (Lipinski definition) is 2. The first-order valence-electron chi connectivity index (χ1n) is 21.0. The van der Waals surface area contributed by atoms with E-state index in [1.807, 2.05) is 11.3 Å². The first kappa shape index (κ1) is 35.4. The summed E-state index contributed by atoms with van der Waals surface area (Å²) >= 11 is 1.88. The molecule has 61 heavy (non-hydrogen) atoms. The molecular formula is C59H39NS. The number of rotatable bonds is 7. The summed E-state index contributed by atoms with van der Waals surface area (Å²) < 4.78 is 2.55. The maximum atomic E-state index is 2.58. The molecule has 0 saturated heterocycles. The molecule has 0 saturated carbocycles. The number of nitrogens with zero attached hydrogens (tertiary/aromatic N) is 1. The highest BCUT2D eigenvalue weighted by molar-refractivity contribution is 7.26. The molecular weight excluding hydrogens is 755 g/mol. The van der Waals surface area contributed by atoms with Gasteiger partial charge in [-0.25, -0.2) is 0 Å². The van der Waals surface area contributed by atoms with Gasteiger partial charge in [0, 0.05) is 26.6 Å². The van der Waals surface area contributed by atoms with Gasteiger partial charge in [-0.15, -0.1) is 11.3 Å². The molecule has 1 aliphatic carbocycles. The standard InChI is InChI=1S/C59H39NS/c1-4-20-40(21-5-1)44-31-16-22-41-23-17-32-47(56(41)44)45-28-11-14-36-52(45)60(54-38-18-33-48-46-29-12-15-39-55(46)61-58(48)54)53-37-19-35-51-57(53)49-30-10-13-34-50(49)59(51,42-24-6-2-7-25-42)43-26-8-3-9-27-43/h1-39H. The molecule has 0 unspecified atom stereocenters. The monoisotopic (exact) mass is 793 g/mol. The lowest BCUT2D eigenvalue weighted by atomic mass is 9.68. The molecule has 0 radical (unpaired) electrons. The lowest BCUT2D eigenvalue weighted by Gasteiger charge is -2.34. The lowest BCUT2D eigenvalue weighted by Crippen LogP contribution is -2.28. The summed E-state index contributed by atoms with van der Waals surface area (Å²) in [6.07, 6.45) is 0. The van der Waals surface area contributed by atoms with Crippen LogP contribution in [-0.4, -0.2) is 0 Å². The van der Waals surface area contributed by atoms with Gasteiger partial charge in [0.1, 0.15) is 0 Å². The minimum absolute atomic E-state index is 0.528. The molecule has 0 amide bonds. The Morgan fingerprint density at radius 2 is 0.869 bits per heavy atom. The van der Waals surface area contributed by atoms with E-state index in [1.54, 1.807) is 0 Å². The van der Waals surface area contributed by atoms with Gasteiger partial charge in [0.2, 0.25) is 0 Å². The minimum Gasteiger partial charge on any atom is -0.308 e. The van der Waals surface area contributed by atoms with Crippen molar-refractivity contribution in [2.24, 2.45) is 0 Å². The van der Waals surface area contributed by atoms with E-state index < -0.39 is 5.41 Å². The van der Waals surface area contributed by atoms with Crippen molar-refractivity contribution in [1.82, 2.24) is 0 Å². The van der Waals surface area contributed by atoms with Crippen molar-refractivity contribution in [3.8, 4) is 33.4 Å². The minimum atomic E-state index is -0.528. The van der Waals surface area contributed by atoms with Crippen molar-refractivity contribution in [3.63, 3.8) is 0 Å². The Labute approximate surface area is 360 Å². The SMILES string of the molecule is c1ccc(-c2cccc3cccc(-c4ccccc4N(c4cccc5c4-c4ccccc4C5(c4ccccc4)c4ccccc4)c4cccc5c4sc4ccccc45)c23)cc1. The van der Waals surface area contributed by atoms with Crippen LogP contribution in [0.1, 0.15) is 22.3 Å². The summed E-state index contributed by atoms with van der Waals surface area (Å²) in [5.41, 5.74) is 15.3. The lowest BCUT2D eigenvalue weighted by molar-refractivity contribution is 0.768. The third-order valence-corrected chi connectivity index (χ3v) is 14.0. The fourth-order valence-electron chi connectivity index (χ4n) is 10.3. The van der Waals surface area contributed by atoms with Gasteiger partial charge in [-0.1, -0.05) is 212 Å². The second-order valence-electron chi connectivity index (χ2n) is 15.9.